The van der Waals surface area contributed by atoms with Crippen molar-refractivity contribution in [2.45, 2.75) is 44.8 Å². The number of nitrogens with zero attached hydrogens (tertiary/aromatic N) is 3. The molecule has 2 N–H and O–H groups in total. The first-order valence-corrected chi connectivity index (χ1v) is 10.4. The molecule has 2 heterocycles. The Labute approximate surface area is 196 Å². The van der Waals surface area contributed by atoms with E-state index in [0.717, 1.165) is 50.4 Å². The van der Waals surface area contributed by atoms with Gasteiger partial charge in [-0.2, -0.15) is 0 Å². The molecule has 0 saturated carbocycles. The van der Waals surface area contributed by atoms with Crippen LogP contribution in [-0.2, 0) is 13.0 Å². The molecule has 0 bridgehead atoms. The number of aliphatic imine (C=N–C) groups is 1. The van der Waals surface area contributed by atoms with E-state index in [2.05, 4.69) is 62.8 Å². The van der Waals surface area contributed by atoms with Crippen LogP contribution in [0.3, 0.4) is 0 Å². The molecule has 1 aromatic carbocycles. The molecule has 1 aromatic heterocycles. The lowest BCUT2D eigenvalue weighted by atomic mass is 9.97. The van der Waals surface area contributed by atoms with Crippen LogP contribution in [0.25, 0.3) is 0 Å². The maximum absolute atomic E-state index is 5.84. The third-order valence-electron chi connectivity index (χ3n) is 5.30. The van der Waals surface area contributed by atoms with Crippen LogP contribution in [0.4, 0.5) is 0 Å². The Bertz CT molecular complexity index is 754. The highest BCUT2D eigenvalue weighted by Crippen LogP contribution is 2.19. The van der Waals surface area contributed by atoms with Gasteiger partial charge in [-0.3, -0.25) is 9.89 Å². The lowest BCUT2D eigenvalue weighted by Crippen LogP contribution is -2.51. The summed E-state index contributed by atoms with van der Waals surface area (Å²) in [4.78, 5) is 11.1. The van der Waals surface area contributed by atoms with E-state index in [9.17, 15) is 0 Å². The van der Waals surface area contributed by atoms with E-state index in [4.69, 9.17) is 11.6 Å². The highest BCUT2D eigenvalue weighted by Gasteiger charge is 2.25. The van der Waals surface area contributed by atoms with Crippen LogP contribution < -0.4 is 10.6 Å². The van der Waals surface area contributed by atoms with Gasteiger partial charge in [0.15, 0.2) is 5.96 Å². The molecule has 0 spiro atoms. The van der Waals surface area contributed by atoms with Crippen molar-refractivity contribution in [1.82, 2.24) is 20.5 Å². The average molecular weight is 528 g/mol. The van der Waals surface area contributed by atoms with Crippen LogP contribution in [0.2, 0.25) is 5.15 Å². The lowest BCUT2D eigenvalue weighted by molar-refractivity contribution is 0.134. The van der Waals surface area contributed by atoms with Crippen molar-refractivity contribution >= 4 is 41.5 Å². The number of rotatable bonds is 6. The van der Waals surface area contributed by atoms with Gasteiger partial charge in [0.05, 0.1) is 0 Å². The van der Waals surface area contributed by atoms with Gasteiger partial charge in [0.1, 0.15) is 5.15 Å². The quantitative estimate of drug-likeness (QED) is 0.257. The Balaban J connectivity index is 0.00000300. The topological polar surface area (TPSA) is 52.6 Å². The van der Waals surface area contributed by atoms with Crippen molar-refractivity contribution in [3.05, 3.63) is 64.9 Å². The van der Waals surface area contributed by atoms with Crippen molar-refractivity contribution in [1.29, 1.82) is 0 Å². The molecular formula is C22H31ClIN5. The maximum Gasteiger partial charge on any atom is 0.191 e. The van der Waals surface area contributed by atoms with Crippen molar-refractivity contribution in [3.63, 3.8) is 0 Å². The summed E-state index contributed by atoms with van der Waals surface area (Å²) in [6, 6.07) is 15.6. The standard InChI is InChI=1S/C22H30ClN5.HI/c1-17-14-20(11-13-28(17)16-19-6-4-3-5-7-19)27-22(24-2)25-12-10-18-8-9-21(23)26-15-18;/h3-9,15,17,20H,10-14,16H2,1-2H3,(H2,24,25,27);1H. The Morgan fingerprint density at radius 2 is 2.00 bits per heavy atom. The van der Waals surface area contributed by atoms with Gasteiger partial charge in [0, 0.05) is 45.0 Å². The molecule has 2 aromatic rings. The fourth-order valence-corrected chi connectivity index (χ4v) is 3.78. The van der Waals surface area contributed by atoms with Gasteiger partial charge in [0.25, 0.3) is 0 Å². The molecule has 7 heteroatoms. The second-order valence-corrected chi connectivity index (χ2v) is 7.80. The lowest BCUT2D eigenvalue weighted by Gasteiger charge is -2.38. The average Bonchev–Trinajstić information content (AvgIpc) is 2.71. The van der Waals surface area contributed by atoms with E-state index in [1.165, 1.54) is 5.56 Å². The Morgan fingerprint density at radius 1 is 1.21 bits per heavy atom. The number of hydrogen-bond acceptors (Lipinski definition) is 3. The summed E-state index contributed by atoms with van der Waals surface area (Å²) in [6.07, 6.45) is 4.95. The number of pyridine rings is 1. The van der Waals surface area contributed by atoms with E-state index in [1.807, 2.05) is 25.4 Å². The molecule has 3 rings (SSSR count). The van der Waals surface area contributed by atoms with E-state index in [1.54, 1.807) is 0 Å². The number of guanidine groups is 1. The second kappa shape index (κ2) is 12.3. The van der Waals surface area contributed by atoms with Crippen molar-refractivity contribution < 1.29 is 0 Å². The Morgan fingerprint density at radius 3 is 2.66 bits per heavy atom. The molecule has 29 heavy (non-hydrogen) atoms. The monoisotopic (exact) mass is 527 g/mol. The van der Waals surface area contributed by atoms with Gasteiger partial charge < -0.3 is 10.6 Å². The first-order valence-electron chi connectivity index (χ1n) is 9.99. The number of aromatic nitrogens is 1. The summed E-state index contributed by atoms with van der Waals surface area (Å²) >= 11 is 5.84. The second-order valence-electron chi connectivity index (χ2n) is 7.41. The van der Waals surface area contributed by atoms with Crippen LogP contribution in [0.5, 0.6) is 0 Å². The summed E-state index contributed by atoms with van der Waals surface area (Å²) in [7, 11) is 1.83. The highest BCUT2D eigenvalue weighted by molar-refractivity contribution is 14.0. The van der Waals surface area contributed by atoms with Crippen molar-refractivity contribution in [3.8, 4) is 0 Å². The van der Waals surface area contributed by atoms with E-state index < -0.39 is 0 Å². The predicted octanol–water partition coefficient (Wildman–Crippen LogP) is 4.11. The third-order valence-corrected chi connectivity index (χ3v) is 5.53. The maximum atomic E-state index is 5.84. The first-order chi connectivity index (χ1) is 13.6. The van der Waals surface area contributed by atoms with Crippen LogP contribution in [0, 0.1) is 0 Å². The molecule has 1 aliphatic heterocycles. The molecule has 2 unspecified atom stereocenters. The fraction of sp³-hybridized carbons (Fsp3) is 0.455. The molecule has 5 nitrogen and oxygen atoms in total. The third kappa shape index (κ3) is 7.75. The molecule has 0 radical (unpaired) electrons. The van der Waals surface area contributed by atoms with E-state index in [0.29, 0.717) is 17.2 Å². The zero-order valence-corrected chi connectivity index (χ0v) is 20.2. The van der Waals surface area contributed by atoms with Gasteiger partial charge in [-0.1, -0.05) is 48.0 Å². The number of benzene rings is 1. The molecule has 1 aliphatic rings. The molecular weight excluding hydrogens is 497 g/mol. The number of piperidine rings is 1. The number of likely N-dealkylation sites (tertiary alicyclic amines) is 1. The summed E-state index contributed by atoms with van der Waals surface area (Å²) < 4.78 is 0. The molecule has 158 valence electrons. The smallest absolute Gasteiger partial charge is 0.191 e. The number of nitrogens with one attached hydrogen (secondary N) is 2. The van der Waals surface area contributed by atoms with Gasteiger partial charge >= 0.3 is 0 Å². The van der Waals surface area contributed by atoms with Gasteiger partial charge in [0.2, 0.25) is 0 Å². The van der Waals surface area contributed by atoms with Gasteiger partial charge in [-0.25, -0.2) is 4.98 Å². The van der Waals surface area contributed by atoms with Crippen LogP contribution in [0.1, 0.15) is 30.9 Å². The Hall–Kier alpha value is -1.38. The van der Waals surface area contributed by atoms with Crippen molar-refractivity contribution in [2.24, 2.45) is 4.99 Å². The van der Waals surface area contributed by atoms with Gasteiger partial charge in [-0.15, -0.1) is 24.0 Å². The summed E-state index contributed by atoms with van der Waals surface area (Å²) in [6.45, 7) is 5.25. The largest absolute Gasteiger partial charge is 0.356 e. The molecule has 1 saturated heterocycles. The highest BCUT2D eigenvalue weighted by atomic mass is 127. The Kier molecular flexibility index (Phi) is 10.2. The number of hydrogen-bond donors (Lipinski definition) is 2. The molecule has 1 fully saturated rings. The first kappa shape index (κ1) is 23.9. The zero-order chi connectivity index (χ0) is 19.8. The van der Waals surface area contributed by atoms with Crippen LogP contribution in [0.15, 0.2) is 53.7 Å². The molecule has 2 atom stereocenters. The molecule has 0 aliphatic carbocycles. The number of halogens is 2. The van der Waals surface area contributed by atoms with Crippen LogP contribution >= 0.6 is 35.6 Å². The SMILES string of the molecule is CN=C(NCCc1ccc(Cl)nc1)NC1CCN(Cc2ccccc2)C(C)C1.I. The van der Waals surface area contributed by atoms with Gasteiger partial charge in [-0.05, 0) is 43.4 Å². The van der Waals surface area contributed by atoms with Crippen LogP contribution in [-0.4, -0.2) is 48.1 Å². The van der Waals surface area contributed by atoms with Crippen molar-refractivity contribution in [2.75, 3.05) is 20.1 Å². The van der Waals surface area contributed by atoms with E-state index in [-0.39, 0.29) is 24.0 Å². The minimum Gasteiger partial charge on any atom is -0.356 e. The predicted molar refractivity (Wildman–Crippen MR) is 132 cm³/mol. The minimum absolute atomic E-state index is 0. The summed E-state index contributed by atoms with van der Waals surface area (Å²) in [5, 5.41) is 7.53. The van der Waals surface area contributed by atoms with E-state index >= 15 is 0 Å². The zero-order valence-electron chi connectivity index (χ0n) is 17.1. The molecule has 0 amide bonds. The fourth-order valence-electron chi connectivity index (χ4n) is 3.67. The summed E-state index contributed by atoms with van der Waals surface area (Å²) in [5.41, 5.74) is 2.55. The minimum atomic E-state index is 0. The summed E-state index contributed by atoms with van der Waals surface area (Å²) in [5.74, 6) is 0.871. The normalized spacial score (nSPS) is 20.0.